The summed E-state index contributed by atoms with van der Waals surface area (Å²) in [4.78, 5) is 26.9. The second-order valence-corrected chi connectivity index (χ2v) is 9.87. The fourth-order valence-electron chi connectivity index (χ4n) is 2.83. The van der Waals surface area contributed by atoms with Gasteiger partial charge in [0.1, 0.15) is 4.32 Å². The maximum absolute atomic E-state index is 12.6. The smallest absolute Gasteiger partial charge is 0.266 e. The van der Waals surface area contributed by atoms with Gasteiger partial charge < -0.3 is 14.8 Å². The number of anilines is 1. The number of thioether (sulfide) groups is 1. The molecule has 1 aliphatic heterocycles. The number of hydrogen-bond acceptors (Lipinski definition) is 6. The molecule has 0 radical (unpaired) electrons. The van der Waals surface area contributed by atoms with Gasteiger partial charge in [0.05, 0.1) is 32.2 Å². The van der Waals surface area contributed by atoms with Gasteiger partial charge in [0.15, 0.2) is 18.1 Å². The number of carbonyl (C=O) groups is 2. The maximum atomic E-state index is 12.6. The van der Waals surface area contributed by atoms with Crippen molar-refractivity contribution in [2.45, 2.75) is 0 Å². The molecule has 1 aliphatic rings. The number of ether oxygens (including phenoxy) is 2. The molecule has 3 rings (SSSR count). The summed E-state index contributed by atoms with van der Waals surface area (Å²) in [5, 5.41) is 3.23. The van der Waals surface area contributed by atoms with Gasteiger partial charge in [-0.05, 0) is 51.8 Å². The predicted molar refractivity (Wildman–Crippen MR) is 141 cm³/mol. The van der Waals surface area contributed by atoms with E-state index in [2.05, 4.69) is 27.8 Å². The van der Waals surface area contributed by atoms with Gasteiger partial charge in [-0.25, -0.2) is 0 Å². The lowest BCUT2D eigenvalue weighted by molar-refractivity contribution is -0.121. The van der Waals surface area contributed by atoms with Crippen molar-refractivity contribution in [2.75, 3.05) is 25.6 Å². The van der Waals surface area contributed by atoms with E-state index in [0.29, 0.717) is 48.0 Å². The highest BCUT2D eigenvalue weighted by molar-refractivity contribution is 9.10. The molecule has 0 spiro atoms. The summed E-state index contributed by atoms with van der Waals surface area (Å²) in [5.41, 5.74) is 1.08. The SMILES string of the molecule is C=CCN1C(=O)/C(=C/c2cc(Br)c(OCC(=O)Nc3cccc(Cl)c3Cl)c(OC)c2)SC1=S. The van der Waals surface area contributed by atoms with Crippen LogP contribution in [0.3, 0.4) is 0 Å². The van der Waals surface area contributed by atoms with Crippen LogP contribution < -0.4 is 14.8 Å². The second kappa shape index (κ2) is 11.4. The van der Waals surface area contributed by atoms with E-state index in [9.17, 15) is 9.59 Å². The Kier molecular flexibility index (Phi) is 8.83. The highest BCUT2D eigenvalue weighted by Gasteiger charge is 2.31. The van der Waals surface area contributed by atoms with Crippen LogP contribution in [0.2, 0.25) is 10.0 Å². The highest BCUT2D eigenvalue weighted by Crippen LogP contribution is 2.39. The van der Waals surface area contributed by atoms with Crippen molar-refractivity contribution in [1.82, 2.24) is 4.90 Å². The molecule has 0 unspecified atom stereocenters. The predicted octanol–water partition coefficient (Wildman–Crippen LogP) is 6.17. The van der Waals surface area contributed by atoms with Crippen LogP contribution in [0.15, 0.2) is 52.4 Å². The fraction of sp³-hybridized carbons (Fsp3) is 0.136. The molecule has 0 bridgehead atoms. The average Bonchev–Trinajstić information content (AvgIpc) is 3.03. The first-order valence-electron chi connectivity index (χ1n) is 9.35. The lowest BCUT2D eigenvalue weighted by Gasteiger charge is -2.14. The molecule has 2 aromatic rings. The van der Waals surface area contributed by atoms with Gasteiger partial charge in [0.2, 0.25) is 0 Å². The first-order valence-corrected chi connectivity index (χ1v) is 12.1. The Balaban J connectivity index is 1.75. The zero-order valence-electron chi connectivity index (χ0n) is 17.2. The summed E-state index contributed by atoms with van der Waals surface area (Å²) in [6.07, 6.45) is 3.34. The van der Waals surface area contributed by atoms with Gasteiger partial charge in [-0.1, -0.05) is 59.3 Å². The van der Waals surface area contributed by atoms with Crippen molar-refractivity contribution in [3.8, 4) is 11.5 Å². The number of hydrogen-bond donors (Lipinski definition) is 1. The van der Waals surface area contributed by atoms with Crippen LogP contribution in [0.1, 0.15) is 5.56 Å². The maximum Gasteiger partial charge on any atom is 0.266 e. The van der Waals surface area contributed by atoms with Crippen LogP contribution in [0, 0.1) is 0 Å². The minimum absolute atomic E-state index is 0.184. The molecule has 1 fully saturated rings. The van der Waals surface area contributed by atoms with Crippen LogP contribution >= 0.6 is 63.1 Å². The number of nitrogens with one attached hydrogen (secondary N) is 1. The van der Waals surface area contributed by atoms with E-state index in [-0.39, 0.29) is 17.5 Å². The second-order valence-electron chi connectivity index (χ2n) is 6.55. The quantitative estimate of drug-likeness (QED) is 0.226. The highest BCUT2D eigenvalue weighted by atomic mass is 79.9. The van der Waals surface area contributed by atoms with E-state index < -0.39 is 5.91 Å². The van der Waals surface area contributed by atoms with Crippen LogP contribution in [0.25, 0.3) is 6.08 Å². The number of nitrogens with zero attached hydrogens (tertiary/aromatic N) is 1. The fourth-order valence-corrected chi connectivity index (χ4v) is 5.02. The van der Waals surface area contributed by atoms with Crippen LogP contribution in [0.5, 0.6) is 11.5 Å². The number of rotatable bonds is 8. The van der Waals surface area contributed by atoms with E-state index in [0.717, 1.165) is 0 Å². The Morgan fingerprint density at radius 3 is 2.82 bits per heavy atom. The number of carbonyl (C=O) groups excluding carboxylic acids is 2. The zero-order valence-corrected chi connectivity index (χ0v) is 21.9. The molecule has 11 heteroatoms. The number of methoxy groups -OCH3 is 1. The Morgan fingerprint density at radius 2 is 2.12 bits per heavy atom. The number of benzene rings is 2. The molecular weight excluding hydrogens is 571 g/mol. The first kappa shape index (κ1) is 25.6. The molecule has 0 aliphatic carbocycles. The normalized spacial score (nSPS) is 14.5. The van der Waals surface area contributed by atoms with E-state index in [1.54, 1.807) is 42.5 Å². The van der Waals surface area contributed by atoms with Crippen LogP contribution in [0.4, 0.5) is 5.69 Å². The van der Waals surface area contributed by atoms with E-state index >= 15 is 0 Å². The standard InChI is InChI=1S/C22H17BrCl2N2O4S2/c1-3-7-27-21(29)17(33-22(27)32)10-12-8-13(23)20(16(9-12)30-2)31-11-18(28)26-15-6-4-5-14(24)19(15)25/h3-6,8-10H,1,7,11H2,2H3,(H,26,28)/b17-10-. The molecule has 33 heavy (non-hydrogen) atoms. The van der Waals surface area contributed by atoms with Crippen molar-refractivity contribution >= 4 is 91.0 Å². The summed E-state index contributed by atoms with van der Waals surface area (Å²) < 4.78 is 12.1. The molecule has 0 aromatic heterocycles. The molecule has 1 heterocycles. The lowest BCUT2D eigenvalue weighted by atomic mass is 10.2. The van der Waals surface area contributed by atoms with Gasteiger partial charge in [-0.3, -0.25) is 14.5 Å². The van der Waals surface area contributed by atoms with Crippen molar-refractivity contribution in [2.24, 2.45) is 0 Å². The van der Waals surface area contributed by atoms with Gasteiger partial charge in [0, 0.05) is 6.54 Å². The molecule has 0 saturated carbocycles. The topological polar surface area (TPSA) is 67.9 Å². The molecule has 1 N–H and O–H groups in total. The summed E-state index contributed by atoms with van der Waals surface area (Å²) >= 11 is 22.0. The summed E-state index contributed by atoms with van der Waals surface area (Å²) in [6.45, 7) is 3.70. The molecule has 2 aromatic carbocycles. The van der Waals surface area contributed by atoms with E-state index in [4.69, 9.17) is 44.9 Å². The van der Waals surface area contributed by atoms with Crippen molar-refractivity contribution < 1.29 is 19.1 Å². The summed E-state index contributed by atoms with van der Waals surface area (Å²) in [6, 6.07) is 8.38. The average molecular weight is 588 g/mol. The first-order chi connectivity index (χ1) is 15.7. The van der Waals surface area contributed by atoms with Gasteiger partial charge in [-0.15, -0.1) is 6.58 Å². The van der Waals surface area contributed by atoms with Crippen LogP contribution in [-0.4, -0.2) is 41.3 Å². The summed E-state index contributed by atoms with van der Waals surface area (Å²) in [7, 11) is 1.48. The number of amides is 2. The van der Waals surface area contributed by atoms with E-state index in [1.807, 2.05) is 0 Å². The van der Waals surface area contributed by atoms with Gasteiger partial charge in [-0.2, -0.15) is 0 Å². The van der Waals surface area contributed by atoms with Gasteiger partial charge in [0.25, 0.3) is 11.8 Å². The molecule has 172 valence electrons. The molecule has 1 saturated heterocycles. The largest absolute Gasteiger partial charge is 0.493 e. The molecular formula is C22H17BrCl2N2O4S2. The van der Waals surface area contributed by atoms with Crippen molar-refractivity contribution in [3.63, 3.8) is 0 Å². The van der Waals surface area contributed by atoms with Crippen molar-refractivity contribution in [1.29, 1.82) is 0 Å². The van der Waals surface area contributed by atoms with E-state index in [1.165, 1.54) is 23.8 Å². The lowest BCUT2D eigenvalue weighted by Crippen LogP contribution is -2.27. The Labute approximate surface area is 219 Å². The zero-order chi connectivity index (χ0) is 24.1. The molecule has 6 nitrogen and oxygen atoms in total. The number of halogens is 3. The Bertz CT molecular complexity index is 1170. The van der Waals surface area contributed by atoms with Crippen LogP contribution in [-0.2, 0) is 9.59 Å². The minimum Gasteiger partial charge on any atom is -0.493 e. The van der Waals surface area contributed by atoms with Gasteiger partial charge >= 0.3 is 0 Å². The third-order valence-corrected chi connectivity index (χ3v) is 7.09. The van der Waals surface area contributed by atoms with Crippen molar-refractivity contribution in [3.05, 3.63) is 68.0 Å². The monoisotopic (exact) mass is 586 g/mol. The molecule has 2 amide bonds. The third kappa shape index (κ3) is 6.10. The summed E-state index contributed by atoms with van der Waals surface area (Å²) in [5.74, 6) is 0.103. The number of thiocarbonyl (C=S) groups is 1. The minimum atomic E-state index is -0.428. The Morgan fingerprint density at radius 1 is 1.36 bits per heavy atom. The molecule has 0 atom stereocenters. The Hall–Kier alpha value is -2.04. The third-order valence-electron chi connectivity index (χ3n) is 4.31.